The Balaban J connectivity index is 0. The molecule has 0 aromatic heterocycles. The van der Waals surface area contributed by atoms with E-state index in [0.29, 0.717) is 0 Å². The van der Waals surface area contributed by atoms with E-state index in [1.165, 1.54) is 0 Å². The van der Waals surface area contributed by atoms with E-state index in [4.69, 9.17) is 0 Å². The Hall–Kier alpha value is -0.260. The van der Waals surface area contributed by atoms with Crippen LogP contribution >= 0.6 is 0 Å². The average Bonchev–Trinajstić information content (AvgIpc) is 1.69. The number of aldehydes is 2. The Bertz CT molecular complexity index is 117. The van der Waals surface area contributed by atoms with Crippen molar-refractivity contribution in [2.75, 3.05) is 0 Å². The fourth-order valence-corrected chi connectivity index (χ4v) is 0.131. The van der Waals surface area contributed by atoms with Crippen LogP contribution in [0.15, 0.2) is 0 Å². The molecule has 9 heavy (non-hydrogen) atoms. The fraction of sp³-hybridized carbons (Fsp3) is 0.333. The predicted octanol–water partition coefficient (Wildman–Crippen LogP) is -3.97. The molecular weight excluding hydrogens is 137 g/mol. The van der Waals surface area contributed by atoms with Crippen LogP contribution in [0.2, 0.25) is 0 Å². The van der Waals surface area contributed by atoms with Crippen molar-refractivity contribution in [1.82, 2.24) is 0 Å². The Morgan fingerprint density at radius 3 is 1.67 bits per heavy atom. The van der Waals surface area contributed by atoms with Gasteiger partial charge in [0.15, 0.2) is 0 Å². The molecule has 0 spiro atoms. The topological polar surface area (TPSA) is 77.3 Å². The van der Waals surface area contributed by atoms with Gasteiger partial charge in [-0.2, -0.15) is 0 Å². The second-order valence-corrected chi connectivity index (χ2v) is 1.05. The van der Waals surface area contributed by atoms with Gasteiger partial charge in [-0.3, -0.25) is 19.7 Å². The van der Waals surface area contributed by atoms with Crippen molar-refractivity contribution in [3.8, 4) is 0 Å². The second-order valence-electron chi connectivity index (χ2n) is 1.05. The molecule has 0 N–H and O–H groups in total. The summed E-state index contributed by atoms with van der Waals surface area (Å²) in [5.74, 6) is 0. The first-order valence-corrected chi connectivity index (χ1v) is 1.76. The molecule has 0 fully saturated rings. The molecule has 0 aromatic carbocycles. The molecule has 0 aliphatic rings. The molecule has 0 saturated carbocycles. The van der Waals surface area contributed by atoms with Crippen LogP contribution in [0.4, 0.5) is 0 Å². The molecule has 0 heterocycles. The number of nitrogens with zero attached hydrogens (tertiary/aromatic N) is 1. The first-order chi connectivity index (χ1) is 3.72. The quantitative estimate of drug-likeness (QED) is 0.132. The van der Waals surface area contributed by atoms with Gasteiger partial charge in [0.2, 0.25) is 12.6 Å². The summed E-state index contributed by atoms with van der Waals surface area (Å²) in [5, 5.41) is 9.50. The van der Waals surface area contributed by atoms with E-state index in [1.54, 1.807) is 0 Å². The summed E-state index contributed by atoms with van der Waals surface area (Å²) in [4.78, 5) is 27.6. The number of nitro groups is 1. The Kier molecular flexibility index (Phi) is 7.52. The van der Waals surface area contributed by atoms with Crippen molar-refractivity contribution >= 4 is 12.6 Å². The van der Waals surface area contributed by atoms with E-state index in [2.05, 4.69) is 0 Å². The van der Waals surface area contributed by atoms with Gasteiger partial charge < -0.3 is 0 Å². The van der Waals surface area contributed by atoms with Crippen LogP contribution in [-0.2, 0) is 9.59 Å². The minimum absolute atomic E-state index is 0. The molecule has 6 heteroatoms. The summed E-state index contributed by atoms with van der Waals surface area (Å²) < 4.78 is 0. The zero-order valence-electron chi connectivity index (χ0n) is 4.81. The maximum Gasteiger partial charge on any atom is 1.00 e. The van der Waals surface area contributed by atoms with Crippen molar-refractivity contribution in [1.29, 1.82) is 0 Å². The molecule has 0 rings (SSSR count). The number of carbonyl (C=O) groups excluding carboxylic acids is 2. The van der Waals surface area contributed by atoms with Gasteiger partial charge in [0.25, 0.3) is 0 Å². The molecule has 0 atom stereocenters. The van der Waals surface area contributed by atoms with Crippen LogP contribution in [0.5, 0.6) is 0 Å². The van der Waals surface area contributed by atoms with Crippen LogP contribution in [-0.4, -0.2) is 23.5 Å². The standard InChI is InChI=1S/C3H3NO4.Na/c5-1-3(2-6)4(7)8;/h1-3H;/q;+1. The van der Waals surface area contributed by atoms with E-state index in [1.807, 2.05) is 0 Å². The third-order valence-electron chi connectivity index (χ3n) is 0.522. The smallest absolute Gasteiger partial charge is 0.295 e. The fourth-order valence-electron chi connectivity index (χ4n) is 0.131. The molecule has 0 aliphatic heterocycles. The number of hydrogen-bond acceptors (Lipinski definition) is 4. The molecule has 0 bridgehead atoms. The maximum absolute atomic E-state index is 9.50. The molecule has 0 radical (unpaired) electrons. The predicted molar refractivity (Wildman–Crippen MR) is 22.9 cm³/mol. The normalized spacial score (nSPS) is 7.67. The third-order valence-corrected chi connectivity index (χ3v) is 0.522. The molecule has 5 nitrogen and oxygen atoms in total. The van der Waals surface area contributed by atoms with Gasteiger partial charge in [0.1, 0.15) is 0 Å². The van der Waals surface area contributed by atoms with Gasteiger partial charge in [-0.1, -0.05) is 0 Å². The van der Waals surface area contributed by atoms with Crippen LogP contribution < -0.4 is 29.6 Å². The Morgan fingerprint density at radius 1 is 1.33 bits per heavy atom. The minimum Gasteiger partial charge on any atom is -0.295 e. The van der Waals surface area contributed by atoms with Gasteiger partial charge in [-0.05, 0) is 0 Å². The summed E-state index contributed by atoms with van der Waals surface area (Å²) >= 11 is 0. The number of rotatable bonds is 3. The first kappa shape index (κ1) is 11.5. The molecular formula is C3H3NNaO4+. The van der Waals surface area contributed by atoms with Crippen LogP contribution in [0.25, 0.3) is 0 Å². The van der Waals surface area contributed by atoms with Gasteiger partial charge >= 0.3 is 35.6 Å². The van der Waals surface area contributed by atoms with Gasteiger partial charge in [0, 0.05) is 4.92 Å². The molecule has 0 unspecified atom stereocenters. The van der Waals surface area contributed by atoms with Crippen LogP contribution in [0.1, 0.15) is 0 Å². The monoisotopic (exact) mass is 140 g/mol. The van der Waals surface area contributed by atoms with Crippen LogP contribution in [0, 0.1) is 10.1 Å². The summed E-state index contributed by atoms with van der Waals surface area (Å²) in [6.07, 6.45) is -0.0417. The van der Waals surface area contributed by atoms with Crippen molar-refractivity contribution in [2.24, 2.45) is 0 Å². The van der Waals surface area contributed by atoms with Crippen LogP contribution in [0.3, 0.4) is 0 Å². The molecule has 44 valence electrons. The van der Waals surface area contributed by atoms with Crippen molar-refractivity contribution in [3.05, 3.63) is 10.1 Å². The largest absolute Gasteiger partial charge is 1.00 e. The van der Waals surface area contributed by atoms with E-state index in [0.717, 1.165) is 0 Å². The van der Waals surface area contributed by atoms with Crippen molar-refractivity contribution < 1.29 is 44.1 Å². The Morgan fingerprint density at radius 2 is 1.67 bits per heavy atom. The van der Waals surface area contributed by atoms with E-state index >= 15 is 0 Å². The maximum atomic E-state index is 9.50. The van der Waals surface area contributed by atoms with Gasteiger partial charge in [-0.25, -0.2) is 0 Å². The van der Waals surface area contributed by atoms with Crippen molar-refractivity contribution in [2.45, 2.75) is 6.04 Å². The Labute approximate surface area is 72.9 Å². The molecule has 0 aliphatic carbocycles. The third kappa shape index (κ3) is 4.26. The zero-order valence-corrected chi connectivity index (χ0v) is 6.81. The van der Waals surface area contributed by atoms with E-state index < -0.39 is 11.0 Å². The SMILES string of the molecule is O=CC(C=O)[N+](=O)[O-].[Na+]. The summed E-state index contributed by atoms with van der Waals surface area (Å²) in [6.45, 7) is 0. The minimum atomic E-state index is -1.69. The first-order valence-electron chi connectivity index (χ1n) is 1.76. The summed E-state index contributed by atoms with van der Waals surface area (Å²) in [7, 11) is 0. The molecule has 0 amide bonds. The van der Waals surface area contributed by atoms with Gasteiger partial charge in [-0.15, -0.1) is 0 Å². The van der Waals surface area contributed by atoms with Gasteiger partial charge in [0.05, 0.1) is 0 Å². The van der Waals surface area contributed by atoms with Crippen molar-refractivity contribution in [3.63, 3.8) is 0 Å². The zero-order chi connectivity index (χ0) is 6.57. The van der Waals surface area contributed by atoms with E-state index in [9.17, 15) is 19.7 Å². The number of carbonyl (C=O) groups is 2. The summed E-state index contributed by atoms with van der Waals surface area (Å²) in [5.41, 5.74) is 0. The summed E-state index contributed by atoms with van der Waals surface area (Å²) in [6, 6.07) is -1.69. The van der Waals surface area contributed by atoms with E-state index in [-0.39, 0.29) is 42.1 Å². The average molecular weight is 140 g/mol. The molecule has 0 saturated heterocycles. The number of hydrogen-bond donors (Lipinski definition) is 0. The second kappa shape index (κ2) is 5.87. The molecule has 0 aromatic rings.